The van der Waals surface area contributed by atoms with Crippen molar-refractivity contribution in [2.75, 3.05) is 0 Å². The molecule has 124 heavy (non-hydrogen) atoms. The number of aromatic nitrogens is 2. The van der Waals surface area contributed by atoms with E-state index < -0.39 is 0 Å². The van der Waals surface area contributed by atoms with Crippen LogP contribution in [0.3, 0.4) is 0 Å². The summed E-state index contributed by atoms with van der Waals surface area (Å²) in [6.07, 6.45) is 0. The molecule has 0 N–H and O–H groups in total. The lowest BCUT2D eigenvalue weighted by atomic mass is 9.91. The van der Waals surface area contributed by atoms with Crippen molar-refractivity contribution >= 4 is 107 Å². The van der Waals surface area contributed by atoms with Crippen molar-refractivity contribution in [3.63, 3.8) is 0 Å². The van der Waals surface area contributed by atoms with Crippen molar-refractivity contribution in [1.82, 2.24) is 9.13 Å². The maximum absolute atomic E-state index is 2.42. The van der Waals surface area contributed by atoms with Gasteiger partial charge in [0, 0.05) is 73.3 Å². The van der Waals surface area contributed by atoms with E-state index in [0.717, 1.165) is 11.4 Å². The molecule has 2 nitrogen and oxygen atoms in total. The largest absolute Gasteiger partial charge is 0.309 e. The second-order valence-electron chi connectivity index (χ2n) is 32.2. The number of hydrogen-bond acceptors (Lipinski definition) is 2. The van der Waals surface area contributed by atoms with Gasteiger partial charge < -0.3 is 9.13 Å². The highest BCUT2D eigenvalue weighted by Gasteiger charge is 2.23. The Hall–Kier alpha value is -15.6. The molecule has 0 saturated carbocycles. The zero-order valence-electron chi connectivity index (χ0n) is 67.7. The van der Waals surface area contributed by atoms with Crippen LogP contribution in [0.25, 0.3) is 229 Å². The molecule has 0 fully saturated rings. The van der Waals surface area contributed by atoms with Crippen LogP contribution in [0.2, 0.25) is 0 Å². The average Bonchev–Trinajstić information content (AvgIpc) is 1.59. The summed E-state index contributed by atoms with van der Waals surface area (Å²) in [7, 11) is 0. The van der Waals surface area contributed by atoms with Crippen molar-refractivity contribution in [1.29, 1.82) is 0 Å². The van der Waals surface area contributed by atoms with Crippen LogP contribution in [-0.4, -0.2) is 9.13 Å². The number of thiophene rings is 2. The van der Waals surface area contributed by atoms with Gasteiger partial charge in [-0.25, -0.2) is 0 Å². The zero-order valence-corrected chi connectivity index (χ0v) is 69.4. The van der Waals surface area contributed by atoms with Crippen LogP contribution in [0.4, 0.5) is 0 Å². The lowest BCUT2D eigenvalue weighted by Crippen LogP contribution is -1.94. The Kier molecular flexibility index (Phi) is 18.7. The quantitative estimate of drug-likeness (QED) is 0.103. The van der Waals surface area contributed by atoms with E-state index in [9.17, 15) is 0 Å². The molecule has 4 heterocycles. The van der Waals surface area contributed by atoms with Gasteiger partial charge in [-0.15, -0.1) is 22.7 Å². The van der Waals surface area contributed by atoms with Crippen LogP contribution in [0.1, 0.15) is 0 Å². The topological polar surface area (TPSA) is 9.86 Å². The van der Waals surface area contributed by atoms with Crippen LogP contribution in [0.5, 0.6) is 0 Å². The van der Waals surface area contributed by atoms with Crippen molar-refractivity contribution in [2.45, 2.75) is 0 Å². The molecule has 4 heteroatoms. The predicted octanol–water partition coefficient (Wildman–Crippen LogP) is 34.3. The minimum Gasteiger partial charge on any atom is -0.309 e. The third-order valence-corrected chi connectivity index (χ3v) is 27.4. The molecule has 0 unspecified atom stereocenters. The maximum Gasteiger partial charge on any atom is 0.0541 e. The molecule has 20 aromatic carbocycles. The molecule has 0 aliphatic rings. The molecule has 24 aromatic rings. The first kappa shape index (κ1) is 73.6. The van der Waals surface area contributed by atoms with Crippen LogP contribution in [0, 0.1) is 0 Å². The number of rotatable bonds is 14. The van der Waals surface area contributed by atoms with Gasteiger partial charge in [0.2, 0.25) is 0 Å². The van der Waals surface area contributed by atoms with Gasteiger partial charge in [-0.05, 0) is 237 Å². The van der Waals surface area contributed by atoms with Crippen molar-refractivity contribution in [3.05, 3.63) is 473 Å². The summed E-state index contributed by atoms with van der Waals surface area (Å²) >= 11 is 3.82. The zero-order chi connectivity index (χ0) is 82.0. The summed E-state index contributed by atoms with van der Waals surface area (Å²) in [5, 5.41) is 10.2. The highest BCUT2D eigenvalue weighted by molar-refractivity contribution is 7.27. The van der Waals surface area contributed by atoms with Crippen molar-refractivity contribution in [3.8, 4) is 145 Å². The number of fused-ring (bicyclic) bond motifs is 12. The molecular formula is C120H78N2S2. The molecule has 0 spiro atoms. The fraction of sp³-hybridized carbons (Fsp3) is 0. The summed E-state index contributed by atoms with van der Waals surface area (Å²) in [5.74, 6) is 0. The molecule has 0 aliphatic carbocycles. The van der Waals surface area contributed by atoms with Crippen LogP contribution >= 0.6 is 22.7 Å². The van der Waals surface area contributed by atoms with Gasteiger partial charge in [0.15, 0.2) is 0 Å². The predicted molar refractivity (Wildman–Crippen MR) is 533 cm³/mol. The number of benzene rings is 20. The van der Waals surface area contributed by atoms with E-state index in [-0.39, 0.29) is 0 Å². The number of nitrogens with zero attached hydrogens (tertiary/aromatic N) is 2. The van der Waals surface area contributed by atoms with Gasteiger partial charge in [0.1, 0.15) is 0 Å². The van der Waals surface area contributed by atoms with Gasteiger partial charge >= 0.3 is 0 Å². The minimum atomic E-state index is 1.15. The second-order valence-corrected chi connectivity index (χ2v) is 34.2. The normalized spacial score (nSPS) is 11.5. The van der Waals surface area contributed by atoms with E-state index in [1.807, 2.05) is 22.7 Å². The third kappa shape index (κ3) is 13.5. The van der Waals surface area contributed by atoms with Crippen LogP contribution in [0.15, 0.2) is 473 Å². The highest BCUT2D eigenvalue weighted by atomic mass is 32.1. The summed E-state index contributed by atoms with van der Waals surface area (Å²) in [6, 6.07) is 173. The van der Waals surface area contributed by atoms with Gasteiger partial charge in [-0.3, -0.25) is 0 Å². The molecule has 0 atom stereocenters. The van der Waals surface area contributed by atoms with E-state index in [0.29, 0.717) is 0 Å². The molecule has 0 amide bonds. The summed E-state index contributed by atoms with van der Waals surface area (Å²) in [6.45, 7) is 0. The van der Waals surface area contributed by atoms with E-state index in [1.165, 1.54) is 217 Å². The molecule has 0 bridgehead atoms. The Morgan fingerprint density at radius 3 is 0.758 bits per heavy atom. The Labute approximate surface area is 728 Å². The lowest BCUT2D eigenvalue weighted by molar-refractivity contribution is 1.18. The van der Waals surface area contributed by atoms with Crippen LogP contribution in [-0.2, 0) is 0 Å². The SMILES string of the molecule is c1ccc(-c2ccc(-c3cc(-c4ccc5c(c4)c4ccccc4n5-c4cccc(-c5ccccc5)c4)cc(-c4cccc5c4sc4c(-c6ccccc6)cccc45)c3)cc2)cc1.c1ccc(-c2ccc(-n3c4ccccc4c4cc(-c5cc(-c6cccc(-c7ccccc7)c6)cc(-c6cccc7c6sc6c(-c8ccccc8)cccc67)c5)ccc43)cc2)cc1. The van der Waals surface area contributed by atoms with E-state index in [1.54, 1.807) is 0 Å². The van der Waals surface area contributed by atoms with E-state index in [4.69, 9.17) is 0 Å². The van der Waals surface area contributed by atoms with Crippen LogP contribution < -0.4 is 0 Å². The smallest absolute Gasteiger partial charge is 0.0541 e. The summed E-state index contributed by atoms with van der Waals surface area (Å²) < 4.78 is 10.1. The molecule has 0 saturated heterocycles. The maximum atomic E-state index is 2.42. The Morgan fingerprint density at radius 1 is 0.121 bits per heavy atom. The highest BCUT2D eigenvalue weighted by Crippen LogP contribution is 2.49. The first-order valence-corrected chi connectivity index (χ1v) is 44.1. The van der Waals surface area contributed by atoms with E-state index in [2.05, 4.69) is 482 Å². The average molecular weight is 1610 g/mol. The monoisotopic (exact) mass is 1610 g/mol. The van der Waals surface area contributed by atoms with Gasteiger partial charge in [0.05, 0.1) is 22.1 Å². The first-order valence-electron chi connectivity index (χ1n) is 42.5. The standard InChI is InChI=1S/2C60H39NS/c1-4-15-40(16-5-1)42-29-32-50(33-30-42)61-57-28-11-10-23-53(57)56-39-46(31-34-58(56)61)48-36-47(45-22-12-21-44(35-45)41-17-6-2-7-18-41)37-49(38-48)52-25-14-27-55-54-26-13-24-51(59(54)62-60(52)55)43-19-8-3-9-20-43;1-4-15-40(16-5-1)42-29-31-43(32-30-42)47-35-48(37-49(36-47)52-25-14-27-55-54-26-13-24-51(59(54)62-60(52)55)44-19-8-3-9-20-44)46-33-34-58-56(39-46)53-23-10-11-28-57(53)61(58)50-22-12-21-45(38-50)41-17-6-2-7-18-41/h2*1-39H. The molecule has 0 aliphatic heterocycles. The lowest BCUT2D eigenvalue weighted by Gasteiger charge is -2.14. The molecular weight excluding hydrogens is 1530 g/mol. The minimum absolute atomic E-state index is 1.15. The second kappa shape index (κ2) is 31.5. The number of hydrogen-bond donors (Lipinski definition) is 0. The van der Waals surface area contributed by atoms with Gasteiger partial charge in [0.25, 0.3) is 0 Å². The van der Waals surface area contributed by atoms with Gasteiger partial charge in [-0.2, -0.15) is 0 Å². The fourth-order valence-electron chi connectivity index (χ4n) is 18.8. The molecule has 580 valence electrons. The Morgan fingerprint density at radius 2 is 0.355 bits per heavy atom. The Bertz CT molecular complexity index is 8160. The first-order chi connectivity index (χ1) is 61.5. The fourth-order valence-corrected chi connectivity index (χ4v) is 21.5. The van der Waals surface area contributed by atoms with Gasteiger partial charge in [-0.1, -0.05) is 370 Å². The summed E-state index contributed by atoms with van der Waals surface area (Å²) in [5.41, 5.74) is 36.3. The summed E-state index contributed by atoms with van der Waals surface area (Å²) in [4.78, 5) is 0. The number of para-hydroxylation sites is 2. The van der Waals surface area contributed by atoms with Crippen molar-refractivity contribution in [2.24, 2.45) is 0 Å². The molecule has 0 radical (unpaired) electrons. The van der Waals surface area contributed by atoms with Crippen molar-refractivity contribution < 1.29 is 0 Å². The molecule has 4 aromatic heterocycles. The molecule has 24 rings (SSSR count). The third-order valence-electron chi connectivity index (χ3n) is 24.8. The van der Waals surface area contributed by atoms with E-state index >= 15 is 0 Å². The Balaban J connectivity index is 0.000000143.